The number of hydrogen-bond donors (Lipinski definition) is 1. The maximum Gasteiger partial charge on any atom is 0.233 e. The third-order valence-corrected chi connectivity index (χ3v) is 4.10. The Hall–Kier alpha value is -1.14. The van der Waals surface area contributed by atoms with E-state index in [1.54, 1.807) is 11.3 Å². The minimum atomic E-state index is 0.385. The van der Waals surface area contributed by atoms with E-state index in [9.17, 15) is 0 Å². The lowest BCUT2D eigenvalue weighted by molar-refractivity contribution is 0.792. The fourth-order valence-corrected chi connectivity index (χ4v) is 2.99. The molecule has 1 saturated carbocycles. The molecule has 0 aliphatic heterocycles. The highest BCUT2D eigenvalue weighted by Crippen LogP contribution is 2.34. The number of nitrogens with zero attached hydrogens (tertiary/aromatic N) is 3. The average Bonchev–Trinajstić information content (AvgIpc) is 2.81. The molecule has 0 unspecified atom stereocenters. The molecule has 4 nitrogen and oxygen atoms in total. The zero-order chi connectivity index (χ0) is 11.0. The van der Waals surface area contributed by atoms with E-state index in [0.29, 0.717) is 12.0 Å². The highest BCUT2D eigenvalue weighted by atomic mass is 32.1. The molecule has 0 atom stereocenters. The third-order valence-electron chi connectivity index (χ3n) is 2.60. The molecular weight excluding hydrogens is 240 g/mol. The Morgan fingerprint density at radius 3 is 2.94 bits per heavy atom. The van der Waals surface area contributed by atoms with E-state index in [1.807, 2.05) is 0 Å². The lowest BCUT2D eigenvalue weighted by atomic mass is 10.3. The predicted octanol–water partition coefficient (Wildman–Crippen LogP) is 2.35. The van der Waals surface area contributed by atoms with Crippen LogP contribution in [0.15, 0.2) is 16.8 Å². The lowest BCUT2D eigenvalue weighted by Gasteiger charge is -2.19. The van der Waals surface area contributed by atoms with Crippen molar-refractivity contribution in [1.82, 2.24) is 9.36 Å². The van der Waals surface area contributed by atoms with Gasteiger partial charge in [0.15, 0.2) is 0 Å². The number of aromatic nitrogens is 2. The van der Waals surface area contributed by atoms with Crippen LogP contribution in [0.5, 0.6) is 0 Å². The molecule has 0 aromatic carbocycles. The van der Waals surface area contributed by atoms with Gasteiger partial charge in [-0.3, -0.25) is 0 Å². The summed E-state index contributed by atoms with van der Waals surface area (Å²) >= 11 is 3.12. The molecule has 0 bridgehead atoms. The van der Waals surface area contributed by atoms with Gasteiger partial charge in [0.25, 0.3) is 0 Å². The lowest BCUT2D eigenvalue weighted by Crippen LogP contribution is -2.24. The number of nitrogens with two attached hydrogens (primary N) is 1. The number of hydrogen-bond acceptors (Lipinski definition) is 6. The highest BCUT2D eigenvalue weighted by Gasteiger charge is 2.31. The van der Waals surface area contributed by atoms with Crippen molar-refractivity contribution in [1.29, 1.82) is 0 Å². The van der Waals surface area contributed by atoms with E-state index in [0.717, 1.165) is 11.7 Å². The van der Waals surface area contributed by atoms with E-state index >= 15 is 0 Å². The van der Waals surface area contributed by atoms with Gasteiger partial charge in [0.1, 0.15) is 0 Å². The molecule has 0 radical (unpaired) electrons. The Balaban J connectivity index is 1.81. The van der Waals surface area contributed by atoms with Gasteiger partial charge in [-0.05, 0) is 35.2 Å². The monoisotopic (exact) mass is 252 g/mol. The number of rotatable bonds is 4. The Kier molecular flexibility index (Phi) is 2.53. The fraction of sp³-hybridized carbons (Fsp3) is 0.400. The molecule has 1 fully saturated rings. The molecule has 0 amide bonds. The average molecular weight is 252 g/mol. The molecule has 2 N–H and O–H groups in total. The topological polar surface area (TPSA) is 55.0 Å². The smallest absolute Gasteiger partial charge is 0.233 e. The Labute approximate surface area is 102 Å². The van der Waals surface area contributed by atoms with Crippen LogP contribution < -0.4 is 10.6 Å². The molecule has 84 valence electrons. The summed E-state index contributed by atoms with van der Waals surface area (Å²) in [5, 5.41) is 5.24. The summed E-state index contributed by atoms with van der Waals surface area (Å²) in [6.07, 6.45) is 2.51. The SMILES string of the molecule is Nc1nsc(N(Cc2ccsc2)C2CC2)n1. The first-order valence-corrected chi connectivity index (χ1v) is 6.91. The largest absolute Gasteiger partial charge is 0.367 e. The molecule has 1 aliphatic carbocycles. The van der Waals surface area contributed by atoms with Crippen molar-refractivity contribution in [2.24, 2.45) is 0 Å². The van der Waals surface area contributed by atoms with Crippen molar-refractivity contribution >= 4 is 33.9 Å². The van der Waals surface area contributed by atoms with Crippen LogP contribution in [-0.2, 0) is 6.54 Å². The Bertz CT molecular complexity index is 461. The van der Waals surface area contributed by atoms with E-state index in [4.69, 9.17) is 5.73 Å². The number of anilines is 2. The van der Waals surface area contributed by atoms with E-state index in [2.05, 4.69) is 31.1 Å². The van der Waals surface area contributed by atoms with Gasteiger partial charge in [-0.2, -0.15) is 20.7 Å². The quantitative estimate of drug-likeness (QED) is 0.907. The summed E-state index contributed by atoms with van der Waals surface area (Å²) in [7, 11) is 0. The van der Waals surface area contributed by atoms with Crippen LogP contribution in [0.4, 0.5) is 11.1 Å². The number of nitrogen functional groups attached to an aromatic ring is 1. The fourth-order valence-electron chi connectivity index (χ4n) is 1.66. The second kappa shape index (κ2) is 4.03. The highest BCUT2D eigenvalue weighted by molar-refractivity contribution is 7.10. The molecule has 6 heteroatoms. The first-order chi connectivity index (χ1) is 7.83. The summed E-state index contributed by atoms with van der Waals surface area (Å²) in [5.41, 5.74) is 6.91. The molecule has 3 rings (SSSR count). The number of thiophene rings is 1. The van der Waals surface area contributed by atoms with Crippen LogP contribution in [0.3, 0.4) is 0 Å². The summed E-state index contributed by atoms with van der Waals surface area (Å²) in [4.78, 5) is 6.58. The van der Waals surface area contributed by atoms with Crippen LogP contribution in [0.25, 0.3) is 0 Å². The maximum absolute atomic E-state index is 5.57. The molecule has 0 saturated heterocycles. The minimum absolute atomic E-state index is 0.385. The molecular formula is C10H12N4S2. The third kappa shape index (κ3) is 2.03. The summed E-state index contributed by atoms with van der Waals surface area (Å²) < 4.78 is 4.05. The van der Waals surface area contributed by atoms with Crippen molar-refractivity contribution in [3.8, 4) is 0 Å². The van der Waals surface area contributed by atoms with Crippen molar-refractivity contribution in [3.63, 3.8) is 0 Å². The summed E-state index contributed by atoms with van der Waals surface area (Å²) in [5.74, 6) is 0.385. The van der Waals surface area contributed by atoms with E-state index < -0.39 is 0 Å². The predicted molar refractivity (Wildman–Crippen MR) is 67.8 cm³/mol. The molecule has 2 heterocycles. The standard InChI is InChI=1S/C10H12N4S2/c11-9-12-10(16-13-9)14(8-1-2-8)5-7-3-4-15-6-7/h3-4,6,8H,1-2,5H2,(H2,11,13). The van der Waals surface area contributed by atoms with Gasteiger partial charge in [-0.1, -0.05) is 0 Å². The van der Waals surface area contributed by atoms with Crippen LogP contribution in [-0.4, -0.2) is 15.4 Å². The molecule has 0 spiro atoms. The Morgan fingerprint density at radius 1 is 1.50 bits per heavy atom. The summed E-state index contributed by atoms with van der Waals surface area (Å²) in [6, 6.07) is 2.79. The first-order valence-electron chi connectivity index (χ1n) is 5.20. The normalized spacial score (nSPS) is 15.2. The van der Waals surface area contributed by atoms with E-state index in [-0.39, 0.29) is 0 Å². The molecule has 16 heavy (non-hydrogen) atoms. The van der Waals surface area contributed by atoms with Gasteiger partial charge in [0, 0.05) is 24.1 Å². The van der Waals surface area contributed by atoms with Gasteiger partial charge < -0.3 is 10.6 Å². The second-order valence-electron chi connectivity index (χ2n) is 3.93. The van der Waals surface area contributed by atoms with Gasteiger partial charge in [0.05, 0.1) is 0 Å². The van der Waals surface area contributed by atoms with Crippen molar-refractivity contribution < 1.29 is 0 Å². The minimum Gasteiger partial charge on any atom is -0.367 e. The van der Waals surface area contributed by atoms with Crippen LogP contribution in [0, 0.1) is 0 Å². The van der Waals surface area contributed by atoms with Crippen molar-refractivity contribution in [2.75, 3.05) is 10.6 Å². The van der Waals surface area contributed by atoms with Crippen molar-refractivity contribution in [2.45, 2.75) is 25.4 Å². The van der Waals surface area contributed by atoms with Gasteiger partial charge in [-0.25, -0.2) is 0 Å². The first kappa shape index (κ1) is 10.0. The van der Waals surface area contributed by atoms with Crippen LogP contribution in [0.2, 0.25) is 0 Å². The van der Waals surface area contributed by atoms with Gasteiger partial charge >= 0.3 is 0 Å². The maximum atomic E-state index is 5.57. The molecule has 1 aliphatic rings. The van der Waals surface area contributed by atoms with Gasteiger partial charge in [-0.15, -0.1) is 0 Å². The molecule has 2 aromatic rings. The zero-order valence-corrected chi connectivity index (χ0v) is 10.3. The van der Waals surface area contributed by atoms with Crippen LogP contribution >= 0.6 is 22.9 Å². The second-order valence-corrected chi connectivity index (χ2v) is 5.44. The van der Waals surface area contributed by atoms with Crippen molar-refractivity contribution in [3.05, 3.63) is 22.4 Å². The van der Waals surface area contributed by atoms with Gasteiger partial charge in [0.2, 0.25) is 11.1 Å². The molecule has 2 aromatic heterocycles. The van der Waals surface area contributed by atoms with E-state index in [1.165, 1.54) is 29.9 Å². The zero-order valence-electron chi connectivity index (χ0n) is 8.67. The Morgan fingerprint density at radius 2 is 2.38 bits per heavy atom. The summed E-state index contributed by atoms with van der Waals surface area (Å²) in [6.45, 7) is 0.919. The van der Waals surface area contributed by atoms with Crippen LogP contribution in [0.1, 0.15) is 18.4 Å².